The Kier molecular flexibility index (Phi) is 7.00. The van der Waals surface area contributed by atoms with Gasteiger partial charge in [-0.3, -0.25) is 14.4 Å². The smallest absolute Gasteiger partial charge is 0.325 e. The molecule has 0 saturated carbocycles. The third-order valence-corrected chi connectivity index (χ3v) is 4.58. The Labute approximate surface area is 153 Å². The molecule has 1 saturated heterocycles. The maximum atomic E-state index is 12.3. The fourth-order valence-corrected chi connectivity index (χ4v) is 3.26. The van der Waals surface area contributed by atoms with E-state index in [1.165, 1.54) is 7.11 Å². The van der Waals surface area contributed by atoms with Crippen molar-refractivity contribution in [3.8, 4) is 5.75 Å². The molecular weight excluding hydrogens is 336 g/mol. The van der Waals surface area contributed by atoms with Crippen LogP contribution in [0.25, 0.3) is 0 Å². The second kappa shape index (κ2) is 9.22. The van der Waals surface area contributed by atoms with Gasteiger partial charge in [0.05, 0.1) is 12.7 Å². The van der Waals surface area contributed by atoms with Gasteiger partial charge < -0.3 is 19.7 Å². The number of hydrogen-bond donors (Lipinski definition) is 1. The number of carbonyl (C=O) groups is 3. The number of nitrogens with one attached hydrogen (secondary N) is 1. The highest BCUT2D eigenvalue weighted by molar-refractivity contribution is 5.98. The minimum absolute atomic E-state index is 0.148. The van der Waals surface area contributed by atoms with E-state index in [4.69, 9.17) is 9.47 Å². The Hall–Kier alpha value is -2.57. The predicted molar refractivity (Wildman–Crippen MR) is 95.9 cm³/mol. The van der Waals surface area contributed by atoms with E-state index in [-0.39, 0.29) is 31.1 Å². The number of likely N-dealkylation sites (tertiary alicyclic amines) is 1. The lowest BCUT2D eigenvalue weighted by atomic mass is 9.97. The van der Waals surface area contributed by atoms with Crippen LogP contribution < -0.4 is 10.1 Å². The molecule has 0 unspecified atom stereocenters. The van der Waals surface area contributed by atoms with Crippen molar-refractivity contribution in [3.63, 3.8) is 0 Å². The largest absolute Gasteiger partial charge is 0.496 e. The van der Waals surface area contributed by atoms with Crippen LogP contribution in [0.4, 0.5) is 0 Å². The number of rotatable bonds is 6. The number of methoxy groups -OCH3 is 1. The van der Waals surface area contributed by atoms with Crippen molar-refractivity contribution < 1.29 is 23.9 Å². The number of hydrogen-bond acceptors (Lipinski definition) is 5. The minimum Gasteiger partial charge on any atom is -0.496 e. The first-order valence-electron chi connectivity index (χ1n) is 8.82. The quantitative estimate of drug-likeness (QED) is 0.780. The zero-order valence-electron chi connectivity index (χ0n) is 15.5. The molecule has 1 aromatic rings. The fraction of sp³-hybridized carbons (Fsp3) is 0.526. The summed E-state index contributed by atoms with van der Waals surface area (Å²) in [5.41, 5.74) is 0.329. The molecule has 2 atom stereocenters. The number of para-hydroxylation sites is 1. The Morgan fingerprint density at radius 3 is 2.46 bits per heavy atom. The standard InChI is InChI=1S/C19H26N2O5/c1-13-7-6-8-14(2)21(13)17(22)12-26-18(23)11-20-19(24)15-9-4-5-10-16(15)25-3/h4-5,9-10,13-14H,6-8,11-12H2,1-3H3,(H,20,24)/t13-,14+. The number of amides is 2. The molecule has 2 amide bonds. The fourth-order valence-electron chi connectivity index (χ4n) is 3.26. The maximum Gasteiger partial charge on any atom is 0.325 e. The van der Waals surface area contributed by atoms with Gasteiger partial charge in [-0.05, 0) is 45.2 Å². The van der Waals surface area contributed by atoms with Crippen LogP contribution in [0.1, 0.15) is 43.5 Å². The van der Waals surface area contributed by atoms with Gasteiger partial charge in [0.25, 0.3) is 11.8 Å². The van der Waals surface area contributed by atoms with Gasteiger partial charge in [-0.25, -0.2) is 0 Å². The summed E-state index contributed by atoms with van der Waals surface area (Å²) in [5.74, 6) is -0.876. The highest BCUT2D eigenvalue weighted by Crippen LogP contribution is 2.22. The highest BCUT2D eigenvalue weighted by Gasteiger charge is 2.29. The second-order valence-electron chi connectivity index (χ2n) is 6.47. The monoisotopic (exact) mass is 362 g/mol. The van der Waals surface area contributed by atoms with Gasteiger partial charge >= 0.3 is 5.97 Å². The molecule has 142 valence electrons. The second-order valence-corrected chi connectivity index (χ2v) is 6.47. The Bertz CT molecular complexity index is 651. The summed E-state index contributed by atoms with van der Waals surface area (Å²) in [6.07, 6.45) is 3.01. The molecule has 0 aliphatic carbocycles. The van der Waals surface area contributed by atoms with Crippen molar-refractivity contribution in [2.45, 2.75) is 45.2 Å². The summed E-state index contributed by atoms with van der Waals surface area (Å²) in [4.78, 5) is 38.1. The average Bonchev–Trinajstić information content (AvgIpc) is 2.64. The van der Waals surface area contributed by atoms with Crippen LogP contribution >= 0.6 is 0 Å². The van der Waals surface area contributed by atoms with Gasteiger partial charge in [-0.1, -0.05) is 12.1 Å². The van der Waals surface area contributed by atoms with E-state index in [0.29, 0.717) is 11.3 Å². The van der Waals surface area contributed by atoms with E-state index >= 15 is 0 Å². The SMILES string of the molecule is COc1ccccc1C(=O)NCC(=O)OCC(=O)N1[C@H](C)CCC[C@@H]1C. The first-order valence-corrected chi connectivity index (χ1v) is 8.82. The molecule has 0 radical (unpaired) electrons. The number of piperidine rings is 1. The minimum atomic E-state index is -0.654. The summed E-state index contributed by atoms with van der Waals surface area (Å²) >= 11 is 0. The predicted octanol–water partition coefficient (Wildman–Crippen LogP) is 1.76. The van der Waals surface area contributed by atoms with Crippen LogP contribution in [0.3, 0.4) is 0 Å². The van der Waals surface area contributed by atoms with Crippen LogP contribution in [-0.2, 0) is 14.3 Å². The molecule has 2 rings (SSSR count). The zero-order valence-corrected chi connectivity index (χ0v) is 15.5. The van der Waals surface area contributed by atoms with Gasteiger partial charge in [-0.15, -0.1) is 0 Å². The molecule has 1 N–H and O–H groups in total. The molecule has 1 heterocycles. The van der Waals surface area contributed by atoms with Crippen LogP contribution in [0.15, 0.2) is 24.3 Å². The molecule has 1 aromatic carbocycles. The molecule has 0 spiro atoms. The van der Waals surface area contributed by atoms with Crippen LogP contribution in [-0.4, -0.2) is 55.0 Å². The molecule has 1 fully saturated rings. The van der Waals surface area contributed by atoms with E-state index in [9.17, 15) is 14.4 Å². The number of ether oxygens (including phenoxy) is 2. The van der Waals surface area contributed by atoms with Gasteiger partial charge in [0, 0.05) is 12.1 Å². The van der Waals surface area contributed by atoms with Gasteiger partial charge in [0.2, 0.25) is 0 Å². The number of esters is 1. The molecule has 7 nitrogen and oxygen atoms in total. The number of carbonyl (C=O) groups excluding carboxylic acids is 3. The zero-order chi connectivity index (χ0) is 19.1. The summed E-state index contributed by atoms with van der Waals surface area (Å²) in [7, 11) is 1.47. The first-order chi connectivity index (χ1) is 12.4. The third kappa shape index (κ3) is 4.97. The van der Waals surface area contributed by atoms with E-state index < -0.39 is 11.9 Å². The van der Waals surface area contributed by atoms with E-state index in [1.54, 1.807) is 29.2 Å². The molecular formula is C19H26N2O5. The van der Waals surface area contributed by atoms with Crippen molar-refractivity contribution in [3.05, 3.63) is 29.8 Å². The third-order valence-electron chi connectivity index (χ3n) is 4.58. The highest BCUT2D eigenvalue weighted by atomic mass is 16.5. The summed E-state index contributed by atoms with van der Waals surface area (Å²) in [6, 6.07) is 7.01. The Morgan fingerprint density at radius 2 is 1.81 bits per heavy atom. The van der Waals surface area contributed by atoms with Crippen LogP contribution in [0, 0.1) is 0 Å². The lowest BCUT2D eigenvalue weighted by Gasteiger charge is -2.38. The summed E-state index contributed by atoms with van der Waals surface area (Å²) in [6.45, 7) is 3.39. The molecule has 1 aliphatic heterocycles. The van der Waals surface area contributed by atoms with Gasteiger partial charge in [-0.2, -0.15) is 0 Å². The topological polar surface area (TPSA) is 84.9 Å². The van der Waals surface area contributed by atoms with Crippen LogP contribution in [0.5, 0.6) is 5.75 Å². The number of benzene rings is 1. The van der Waals surface area contributed by atoms with Crippen molar-refractivity contribution in [2.75, 3.05) is 20.3 Å². The van der Waals surface area contributed by atoms with E-state index in [1.807, 2.05) is 13.8 Å². The molecule has 0 bridgehead atoms. The summed E-state index contributed by atoms with van der Waals surface area (Å²) < 4.78 is 10.1. The molecule has 26 heavy (non-hydrogen) atoms. The van der Waals surface area contributed by atoms with Crippen molar-refractivity contribution in [1.82, 2.24) is 10.2 Å². The lowest BCUT2D eigenvalue weighted by Crippen LogP contribution is -2.49. The Balaban J connectivity index is 1.80. The lowest BCUT2D eigenvalue weighted by molar-refractivity contribution is -0.154. The molecule has 7 heteroatoms. The van der Waals surface area contributed by atoms with Crippen LogP contribution in [0.2, 0.25) is 0 Å². The Morgan fingerprint density at radius 1 is 1.15 bits per heavy atom. The van der Waals surface area contributed by atoms with Gasteiger partial charge in [0.15, 0.2) is 6.61 Å². The van der Waals surface area contributed by atoms with Crippen molar-refractivity contribution in [2.24, 2.45) is 0 Å². The number of nitrogens with zero attached hydrogens (tertiary/aromatic N) is 1. The molecule has 1 aliphatic rings. The summed E-state index contributed by atoms with van der Waals surface area (Å²) in [5, 5.41) is 2.48. The first kappa shape index (κ1) is 19.8. The normalized spacial score (nSPS) is 19.6. The molecule has 0 aromatic heterocycles. The average molecular weight is 362 g/mol. The van der Waals surface area contributed by atoms with Crippen molar-refractivity contribution >= 4 is 17.8 Å². The van der Waals surface area contributed by atoms with E-state index in [2.05, 4.69) is 5.32 Å². The van der Waals surface area contributed by atoms with Gasteiger partial charge in [0.1, 0.15) is 12.3 Å². The van der Waals surface area contributed by atoms with E-state index in [0.717, 1.165) is 19.3 Å². The van der Waals surface area contributed by atoms with Crippen molar-refractivity contribution in [1.29, 1.82) is 0 Å². The maximum absolute atomic E-state index is 12.3.